The van der Waals surface area contributed by atoms with Gasteiger partial charge in [-0.1, -0.05) is 0 Å². The maximum absolute atomic E-state index is 9.65. The van der Waals surface area contributed by atoms with Gasteiger partial charge in [-0.2, -0.15) is 0 Å². The van der Waals surface area contributed by atoms with Crippen molar-refractivity contribution in [2.45, 2.75) is 51.7 Å². The van der Waals surface area contributed by atoms with Crippen LogP contribution in [0.1, 0.15) is 38.4 Å². The summed E-state index contributed by atoms with van der Waals surface area (Å²) in [5, 5.41) is 21.7. The predicted molar refractivity (Wildman–Crippen MR) is 93.6 cm³/mol. The molecule has 0 unspecified atom stereocenters. The second-order valence-electron chi connectivity index (χ2n) is 6.42. The van der Waals surface area contributed by atoms with E-state index in [-0.39, 0.29) is 6.10 Å². The van der Waals surface area contributed by atoms with Gasteiger partial charge in [-0.15, -0.1) is 10.2 Å². The number of hydrogen-bond donors (Lipinski definition) is 2. The van der Waals surface area contributed by atoms with Crippen molar-refractivity contribution in [3.63, 3.8) is 0 Å². The molecule has 1 aliphatic rings. The summed E-state index contributed by atoms with van der Waals surface area (Å²) < 4.78 is 7.32. The Labute approximate surface area is 142 Å². The SMILES string of the molecule is CCn1c(CC2CCC(O)CC2)nnc1Nc1ccc(OC)cc1. The average Bonchev–Trinajstić information content (AvgIpc) is 2.99. The zero-order chi connectivity index (χ0) is 16.9. The van der Waals surface area contributed by atoms with E-state index in [1.165, 1.54) is 0 Å². The minimum atomic E-state index is -0.113. The quantitative estimate of drug-likeness (QED) is 0.851. The third kappa shape index (κ3) is 3.87. The van der Waals surface area contributed by atoms with Gasteiger partial charge in [0.25, 0.3) is 0 Å². The van der Waals surface area contributed by atoms with Gasteiger partial charge in [0.2, 0.25) is 5.95 Å². The van der Waals surface area contributed by atoms with Crippen LogP contribution in [0.25, 0.3) is 0 Å². The molecular formula is C18H26N4O2. The summed E-state index contributed by atoms with van der Waals surface area (Å²) in [4.78, 5) is 0. The number of benzene rings is 1. The van der Waals surface area contributed by atoms with Crippen LogP contribution in [0.5, 0.6) is 5.75 Å². The van der Waals surface area contributed by atoms with Crippen LogP contribution in [0.15, 0.2) is 24.3 Å². The Morgan fingerprint density at radius 2 is 1.88 bits per heavy atom. The lowest BCUT2D eigenvalue weighted by molar-refractivity contribution is 0.108. The molecule has 1 aromatic carbocycles. The highest BCUT2D eigenvalue weighted by Crippen LogP contribution is 2.28. The molecular weight excluding hydrogens is 304 g/mol. The summed E-state index contributed by atoms with van der Waals surface area (Å²) in [6, 6.07) is 7.78. The molecule has 0 atom stereocenters. The highest BCUT2D eigenvalue weighted by molar-refractivity contribution is 5.54. The van der Waals surface area contributed by atoms with Gasteiger partial charge in [-0.05, 0) is 62.8 Å². The van der Waals surface area contributed by atoms with Gasteiger partial charge in [0, 0.05) is 18.7 Å². The third-order valence-corrected chi connectivity index (χ3v) is 4.78. The number of methoxy groups -OCH3 is 1. The van der Waals surface area contributed by atoms with Gasteiger partial charge in [-0.25, -0.2) is 0 Å². The summed E-state index contributed by atoms with van der Waals surface area (Å²) in [6.07, 6.45) is 4.76. The number of nitrogens with zero attached hydrogens (tertiary/aromatic N) is 3. The molecule has 2 aromatic rings. The van der Waals surface area contributed by atoms with E-state index in [1.54, 1.807) is 7.11 Å². The maximum Gasteiger partial charge on any atom is 0.229 e. The molecule has 6 heteroatoms. The fourth-order valence-corrected chi connectivity index (χ4v) is 3.32. The van der Waals surface area contributed by atoms with E-state index in [1.807, 2.05) is 24.3 Å². The first-order valence-corrected chi connectivity index (χ1v) is 8.70. The molecule has 6 nitrogen and oxygen atoms in total. The number of rotatable bonds is 6. The van der Waals surface area contributed by atoms with Crippen LogP contribution in [0, 0.1) is 5.92 Å². The minimum absolute atomic E-state index is 0.113. The van der Waals surface area contributed by atoms with Gasteiger partial charge in [0.15, 0.2) is 0 Å². The van der Waals surface area contributed by atoms with Crippen LogP contribution in [0.3, 0.4) is 0 Å². The van der Waals surface area contributed by atoms with Gasteiger partial charge in [0.1, 0.15) is 11.6 Å². The van der Waals surface area contributed by atoms with E-state index in [9.17, 15) is 5.11 Å². The van der Waals surface area contributed by atoms with E-state index in [0.29, 0.717) is 5.92 Å². The average molecular weight is 330 g/mol. The first-order chi connectivity index (χ1) is 11.7. The molecule has 0 spiro atoms. The van der Waals surface area contributed by atoms with Crippen LogP contribution in [0.2, 0.25) is 0 Å². The van der Waals surface area contributed by atoms with Gasteiger partial charge in [-0.3, -0.25) is 4.57 Å². The molecule has 0 bridgehead atoms. The van der Waals surface area contributed by atoms with Crippen molar-refractivity contribution in [1.29, 1.82) is 0 Å². The zero-order valence-corrected chi connectivity index (χ0v) is 14.4. The number of aromatic nitrogens is 3. The lowest BCUT2D eigenvalue weighted by atomic mass is 9.85. The van der Waals surface area contributed by atoms with Crippen molar-refractivity contribution < 1.29 is 9.84 Å². The predicted octanol–water partition coefficient (Wildman–Crippen LogP) is 3.14. The van der Waals surface area contributed by atoms with Crippen LogP contribution in [0.4, 0.5) is 11.6 Å². The van der Waals surface area contributed by atoms with E-state index < -0.39 is 0 Å². The molecule has 1 fully saturated rings. The molecule has 2 N–H and O–H groups in total. The molecule has 1 aromatic heterocycles. The monoisotopic (exact) mass is 330 g/mol. The highest BCUT2D eigenvalue weighted by Gasteiger charge is 2.22. The Hall–Kier alpha value is -2.08. The Kier molecular flexibility index (Phi) is 5.35. The second kappa shape index (κ2) is 7.66. The number of aliphatic hydroxyl groups excluding tert-OH is 1. The fourth-order valence-electron chi connectivity index (χ4n) is 3.32. The van der Waals surface area contributed by atoms with Crippen molar-refractivity contribution in [1.82, 2.24) is 14.8 Å². The molecule has 1 heterocycles. The van der Waals surface area contributed by atoms with Crippen LogP contribution >= 0.6 is 0 Å². The largest absolute Gasteiger partial charge is 0.497 e. The van der Waals surface area contributed by atoms with Crippen molar-refractivity contribution >= 4 is 11.6 Å². The molecule has 0 saturated heterocycles. The van der Waals surface area contributed by atoms with Crippen molar-refractivity contribution in [2.75, 3.05) is 12.4 Å². The first-order valence-electron chi connectivity index (χ1n) is 8.70. The normalized spacial score (nSPS) is 20.8. The summed E-state index contributed by atoms with van der Waals surface area (Å²) in [5.41, 5.74) is 0.963. The number of nitrogens with one attached hydrogen (secondary N) is 1. The van der Waals surface area contributed by atoms with E-state index in [2.05, 4.69) is 27.0 Å². The Morgan fingerprint density at radius 1 is 1.17 bits per heavy atom. The summed E-state index contributed by atoms with van der Waals surface area (Å²) in [6.45, 7) is 2.94. The summed E-state index contributed by atoms with van der Waals surface area (Å²) in [5.74, 6) is 3.22. The van der Waals surface area contributed by atoms with Gasteiger partial charge >= 0.3 is 0 Å². The molecule has 1 saturated carbocycles. The van der Waals surface area contributed by atoms with Crippen molar-refractivity contribution in [2.24, 2.45) is 5.92 Å². The topological polar surface area (TPSA) is 72.2 Å². The maximum atomic E-state index is 9.65. The standard InChI is InChI=1S/C18H26N4O2/c1-3-22-17(12-13-4-8-15(23)9-5-13)20-21-18(22)19-14-6-10-16(24-2)11-7-14/h6-7,10-11,13,15,23H,3-5,8-9,12H2,1-2H3,(H,19,21). The molecule has 0 amide bonds. The number of hydrogen-bond acceptors (Lipinski definition) is 5. The van der Waals surface area contributed by atoms with E-state index in [4.69, 9.17) is 4.74 Å². The molecule has 0 aliphatic heterocycles. The number of aliphatic hydroxyl groups is 1. The summed E-state index contributed by atoms with van der Waals surface area (Å²) in [7, 11) is 1.66. The smallest absolute Gasteiger partial charge is 0.229 e. The van der Waals surface area contributed by atoms with Gasteiger partial charge < -0.3 is 15.2 Å². The fraction of sp³-hybridized carbons (Fsp3) is 0.556. The van der Waals surface area contributed by atoms with Crippen molar-refractivity contribution in [3.8, 4) is 5.75 Å². The lowest BCUT2D eigenvalue weighted by Gasteiger charge is -2.25. The number of anilines is 2. The lowest BCUT2D eigenvalue weighted by Crippen LogP contribution is -2.21. The Bertz CT molecular complexity index is 646. The van der Waals surface area contributed by atoms with Gasteiger partial charge in [0.05, 0.1) is 13.2 Å². The van der Waals surface area contributed by atoms with Crippen molar-refractivity contribution in [3.05, 3.63) is 30.1 Å². The molecule has 24 heavy (non-hydrogen) atoms. The van der Waals surface area contributed by atoms with Crippen LogP contribution in [-0.2, 0) is 13.0 Å². The Balaban J connectivity index is 1.69. The molecule has 1 aliphatic carbocycles. The number of ether oxygens (including phenoxy) is 1. The molecule has 3 rings (SSSR count). The minimum Gasteiger partial charge on any atom is -0.497 e. The first kappa shape index (κ1) is 16.8. The van der Waals surface area contributed by atoms with E-state index in [0.717, 1.165) is 61.9 Å². The van der Waals surface area contributed by atoms with Crippen LogP contribution < -0.4 is 10.1 Å². The zero-order valence-electron chi connectivity index (χ0n) is 14.4. The third-order valence-electron chi connectivity index (χ3n) is 4.78. The molecule has 0 radical (unpaired) electrons. The highest BCUT2D eigenvalue weighted by atomic mass is 16.5. The molecule has 130 valence electrons. The second-order valence-corrected chi connectivity index (χ2v) is 6.42. The van der Waals surface area contributed by atoms with E-state index >= 15 is 0 Å². The van der Waals surface area contributed by atoms with Crippen LogP contribution in [-0.4, -0.2) is 33.1 Å². The Morgan fingerprint density at radius 3 is 2.50 bits per heavy atom. The summed E-state index contributed by atoms with van der Waals surface area (Å²) >= 11 is 0.